The second kappa shape index (κ2) is 6.60. The Morgan fingerprint density at radius 2 is 1.95 bits per heavy atom. The molecule has 0 atom stereocenters. The van der Waals surface area contributed by atoms with Crippen LogP contribution in [-0.2, 0) is 9.53 Å². The van der Waals surface area contributed by atoms with Crippen LogP contribution in [0, 0.1) is 11.3 Å². The molecule has 0 amide bonds. The minimum Gasteiger partial charge on any atom is -0.501 e. The average Bonchev–Trinajstić information content (AvgIpc) is 2.40. The molecule has 0 heterocycles. The summed E-state index contributed by atoms with van der Waals surface area (Å²) in [5.41, 5.74) is 1.54. The van der Waals surface area contributed by atoms with Crippen LogP contribution in [0.3, 0.4) is 0 Å². The third-order valence-electron chi connectivity index (χ3n) is 2.68. The van der Waals surface area contributed by atoms with E-state index in [1.165, 1.54) is 0 Å². The maximum Gasteiger partial charge on any atom is 0.374 e. The quantitative estimate of drug-likeness (QED) is 0.390. The van der Waals surface area contributed by atoms with Crippen LogP contribution in [0.15, 0.2) is 30.0 Å². The van der Waals surface area contributed by atoms with E-state index in [1.54, 1.807) is 19.1 Å². The van der Waals surface area contributed by atoms with Crippen molar-refractivity contribution in [2.45, 2.75) is 26.7 Å². The molecule has 0 saturated carbocycles. The zero-order valence-corrected chi connectivity index (χ0v) is 11.3. The van der Waals surface area contributed by atoms with E-state index >= 15 is 0 Å². The van der Waals surface area contributed by atoms with E-state index in [1.807, 2.05) is 18.2 Å². The summed E-state index contributed by atoms with van der Waals surface area (Å²) < 4.78 is 4.67. The highest BCUT2D eigenvalue weighted by Gasteiger charge is 2.17. The number of allylic oxidation sites excluding steroid dienone is 1. The Labute approximate surface area is 112 Å². The molecule has 19 heavy (non-hydrogen) atoms. The number of nitriles is 1. The van der Waals surface area contributed by atoms with Gasteiger partial charge in [-0.15, -0.1) is 0 Å². The molecule has 0 bridgehead atoms. The number of nitrogens with zero attached hydrogens (tertiary/aromatic N) is 1. The van der Waals surface area contributed by atoms with Crippen molar-refractivity contribution in [2.24, 2.45) is 0 Å². The first-order valence-electron chi connectivity index (χ1n) is 6.12. The number of hydrogen-bond acceptors (Lipinski definition) is 4. The van der Waals surface area contributed by atoms with Crippen molar-refractivity contribution in [1.29, 1.82) is 5.26 Å². The number of hydrogen-bond donors (Lipinski definition) is 1. The molecule has 0 aliphatic carbocycles. The van der Waals surface area contributed by atoms with Gasteiger partial charge in [0.05, 0.1) is 6.61 Å². The van der Waals surface area contributed by atoms with E-state index in [-0.39, 0.29) is 12.2 Å². The van der Waals surface area contributed by atoms with E-state index < -0.39 is 11.7 Å². The zero-order chi connectivity index (χ0) is 14.4. The molecule has 4 heteroatoms. The lowest BCUT2D eigenvalue weighted by molar-refractivity contribution is -0.141. The molecule has 100 valence electrons. The fourth-order valence-electron chi connectivity index (χ4n) is 1.59. The van der Waals surface area contributed by atoms with Crippen molar-refractivity contribution in [3.8, 4) is 6.07 Å². The first-order valence-corrected chi connectivity index (χ1v) is 6.12. The summed E-state index contributed by atoms with van der Waals surface area (Å²) in [6, 6.07) is 9.00. The SMILES string of the molecule is CCOC(=O)/C(O)=C(\C#N)c1ccc(C(C)C)cc1. The molecule has 0 aliphatic rings. The Bertz CT molecular complexity index is 521. The fourth-order valence-corrected chi connectivity index (χ4v) is 1.59. The molecule has 1 aromatic carbocycles. The average molecular weight is 259 g/mol. The molecule has 1 aromatic rings. The second-order valence-corrected chi connectivity index (χ2v) is 4.33. The normalized spacial score (nSPS) is 11.7. The minimum absolute atomic E-state index is 0.0752. The molecule has 0 aliphatic heterocycles. The Morgan fingerprint density at radius 1 is 1.37 bits per heavy atom. The number of carbonyl (C=O) groups is 1. The first-order chi connectivity index (χ1) is 9.01. The van der Waals surface area contributed by atoms with Crippen LogP contribution in [0.1, 0.15) is 37.8 Å². The van der Waals surface area contributed by atoms with Gasteiger partial charge in [0.2, 0.25) is 5.76 Å². The minimum atomic E-state index is -0.882. The topological polar surface area (TPSA) is 70.3 Å². The predicted octanol–water partition coefficient (Wildman–Crippen LogP) is 3.17. The summed E-state index contributed by atoms with van der Waals surface area (Å²) in [6.45, 7) is 5.90. The molecule has 0 saturated heterocycles. The maximum atomic E-state index is 11.4. The largest absolute Gasteiger partial charge is 0.501 e. The van der Waals surface area contributed by atoms with Gasteiger partial charge in [0.1, 0.15) is 11.6 Å². The summed E-state index contributed by atoms with van der Waals surface area (Å²) in [5, 5.41) is 18.8. The van der Waals surface area contributed by atoms with Gasteiger partial charge in [-0.1, -0.05) is 38.1 Å². The van der Waals surface area contributed by atoms with Crippen molar-refractivity contribution >= 4 is 11.5 Å². The van der Waals surface area contributed by atoms with Crippen molar-refractivity contribution in [3.05, 3.63) is 41.2 Å². The van der Waals surface area contributed by atoms with Gasteiger partial charge >= 0.3 is 5.97 Å². The molecule has 0 radical (unpaired) electrons. The third-order valence-corrected chi connectivity index (χ3v) is 2.68. The number of aliphatic hydroxyl groups excluding tert-OH is 1. The highest BCUT2D eigenvalue weighted by molar-refractivity contribution is 5.98. The van der Waals surface area contributed by atoms with Gasteiger partial charge in [0.25, 0.3) is 0 Å². The summed E-state index contributed by atoms with van der Waals surface area (Å²) >= 11 is 0. The van der Waals surface area contributed by atoms with Crippen molar-refractivity contribution < 1.29 is 14.6 Å². The molecular formula is C15H17NO3. The molecule has 4 nitrogen and oxygen atoms in total. The molecule has 1 rings (SSSR count). The van der Waals surface area contributed by atoms with Crippen LogP contribution in [0.25, 0.3) is 5.57 Å². The monoisotopic (exact) mass is 259 g/mol. The number of esters is 1. The second-order valence-electron chi connectivity index (χ2n) is 4.33. The Kier molecular flexibility index (Phi) is 5.13. The number of carbonyl (C=O) groups excluding carboxylic acids is 1. The van der Waals surface area contributed by atoms with Gasteiger partial charge in [0.15, 0.2) is 0 Å². The lowest BCUT2D eigenvalue weighted by atomic mass is 9.98. The number of benzene rings is 1. The van der Waals surface area contributed by atoms with E-state index in [0.29, 0.717) is 11.5 Å². The highest BCUT2D eigenvalue weighted by Crippen LogP contribution is 2.21. The summed E-state index contributed by atoms with van der Waals surface area (Å²) in [4.78, 5) is 11.4. The molecule has 0 spiro atoms. The lowest BCUT2D eigenvalue weighted by Crippen LogP contribution is -2.09. The molecule has 0 aromatic heterocycles. The molecular weight excluding hydrogens is 242 g/mol. The van der Waals surface area contributed by atoms with E-state index in [0.717, 1.165) is 5.56 Å². The fraction of sp³-hybridized carbons (Fsp3) is 0.333. The Balaban J connectivity index is 3.14. The van der Waals surface area contributed by atoms with Gasteiger partial charge < -0.3 is 9.84 Å². The standard InChI is InChI=1S/C15H17NO3/c1-4-19-15(18)14(17)13(9-16)12-7-5-11(6-8-12)10(2)3/h5-8,10,17H,4H2,1-3H3/b14-13-. The number of rotatable bonds is 4. The van der Waals surface area contributed by atoms with Crippen LogP contribution in [-0.4, -0.2) is 17.7 Å². The molecule has 1 N–H and O–H groups in total. The third kappa shape index (κ3) is 3.59. The Hall–Kier alpha value is -2.28. The lowest BCUT2D eigenvalue weighted by Gasteiger charge is -2.07. The molecule has 0 fully saturated rings. The van der Waals surface area contributed by atoms with Crippen LogP contribution >= 0.6 is 0 Å². The van der Waals surface area contributed by atoms with Crippen LogP contribution in [0.2, 0.25) is 0 Å². The van der Waals surface area contributed by atoms with Crippen LogP contribution in [0.5, 0.6) is 0 Å². The van der Waals surface area contributed by atoms with Gasteiger partial charge in [-0.25, -0.2) is 4.79 Å². The van der Waals surface area contributed by atoms with Crippen LogP contribution < -0.4 is 0 Å². The van der Waals surface area contributed by atoms with E-state index in [9.17, 15) is 9.90 Å². The summed E-state index contributed by atoms with van der Waals surface area (Å²) in [6.07, 6.45) is 0. The highest BCUT2D eigenvalue weighted by atomic mass is 16.5. The van der Waals surface area contributed by atoms with Crippen molar-refractivity contribution in [2.75, 3.05) is 6.61 Å². The Morgan fingerprint density at radius 3 is 2.37 bits per heavy atom. The van der Waals surface area contributed by atoms with Gasteiger partial charge in [-0.3, -0.25) is 0 Å². The van der Waals surface area contributed by atoms with Crippen molar-refractivity contribution in [1.82, 2.24) is 0 Å². The van der Waals surface area contributed by atoms with Crippen LogP contribution in [0.4, 0.5) is 0 Å². The number of ether oxygens (including phenoxy) is 1. The number of aliphatic hydroxyl groups is 1. The summed E-state index contributed by atoms with van der Waals surface area (Å²) in [7, 11) is 0. The van der Waals surface area contributed by atoms with Gasteiger partial charge in [0, 0.05) is 0 Å². The van der Waals surface area contributed by atoms with Gasteiger partial charge in [-0.2, -0.15) is 5.26 Å². The van der Waals surface area contributed by atoms with E-state index in [2.05, 4.69) is 18.6 Å². The first kappa shape index (κ1) is 14.8. The van der Waals surface area contributed by atoms with Gasteiger partial charge in [-0.05, 0) is 24.0 Å². The molecule has 0 unspecified atom stereocenters. The zero-order valence-electron chi connectivity index (χ0n) is 11.3. The van der Waals surface area contributed by atoms with E-state index in [4.69, 9.17) is 5.26 Å². The summed E-state index contributed by atoms with van der Waals surface area (Å²) in [5.74, 6) is -1.16. The van der Waals surface area contributed by atoms with Crippen molar-refractivity contribution in [3.63, 3.8) is 0 Å². The smallest absolute Gasteiger partial charge is 0.374 e. The predicted molar refractivity (Wildman–Crippen MR) is 72.3 cm³/mol. The maximum absolute atomic E-state index is 11.4.